The Morgan fingerprint density at radius 3 is 2.88 bits per heavy atom. The molecule has 164 valence electrons. The van der Waals surface area contributed by atoms with Crippen LogP contribution in [0.25, 0.3) is 11.3 Å². The minimum Gasteiger partial charge on any atom is -0.854 e. The Balaban J connectivity index is 2.07. The van der Waals surface area contributed by atoms with Crippen molar-refractivity contribution in [1.82, 2.24) is 10.1 Å². The number of carbonyl (C=O) groups is 1. The second-order valence-electron chi connectivity index (χ2n) is 6.99. The molecule has 2 heterocycles. The molecule has 7 nitrogen and oxygen atoms in total. The molecule has 32 heavy (non-hydrogen) atoms. The zero-order valence-electron chi connectivity index (χ0n) is 17.6. The van der Waals surface area contributed by atoms with Crippen molar-refractivity contribution in [2.75, 3.05) is 17.8 Å². The number of ether oxygens (including phenoxy) is 1. The molecule has 1 aliphatic rings. The van der Waals surface area contributed by atoms with Gasteiger partial charge in [-0.15, -0.1) is 6.58 Å². The van der Waals surface area contributed by atoms with Crippen LogP contribution >= 0.6 is 27.7 Å². The average molecular weight is 513 g/mol. The lowest BCUT2D eigenvalue weighted by atomic mass is 10.0. The van der Waals surface area contributed by atoms with E-state index in [0.717, 1.165) is 4.47 Å². The van der Waals surface area contributed by atoms with Crippen molar-refractivity contribution in [1.29, 1.82) is 0 Å². The highest BCUT2D eigenvalue weighted by molar-refractivity contribution is 9.10. The van der Waals surface area contributed by atoms with E-state index < -0.39 is 12.0 Å². The lowest BCUT2D eigenvalue weighted by Crippen LogP contribution is -2.59. The molecule has 0 aliphatic carbocycles. The van der Waals surface area contributed by atoms with Crippen LogP contribution in [-0.2, 0) is 4.79 Å². The maximum absolute atomic E-state index is 13.3. The Morgan fingerprint density at radius 1 is 1.38 bits per heavy atom. The third-order valence-electron chi connectivity index (χ3n) is 5.09. The molecule has 1 aromatic heterocycles. The molecule has 0 N–H and O–H groups in total. The van der Waals surface area contributed by atoms with Crippen molar-refractivity contribution < 1.29 is 19.3 Å². The molecular weight excluding hydrogens is 492 g/mol. The van der Waals surface area contributed by atoms with Crippen molar-refractivity contribution in [3.05, 3.63) is 65.2 Å². The predicted octanol–water partition coefficient (Wildman–Crippen LogP) is 3.86. The molecule has 0 saturated heterocycles. The van der Waals surface area contributed by atoms with E-state index >= 15 is 0 Å². The third-order valence-corrected chi connectivity index (χ3v) is 6.42. The van der Waals surface area contributed by atoms with E-state index in [2.05, 4.69) is 27.5 Å². The molecule has 4 rings (SSSR count). The Hall–Kier alpha value is -2.91. The summed E-state index contributed by atoms with van der Waals surface area (Å²) in [4.78, 5) is 19.1. The Kier molecular flexibility index (Phi) is 6.48. The number of methoxy groups -OCH3 is 1. The minimum atomic E-state index is -0.724. The van der Waals surface area contributed by atoms with Crippen LogP contribution < -0.4 is 19.4 Å². The number of hydrogen-bond acceptors (Lipinski definition) is 6. The van der Waals surface area contributed by atoms with Gasteiger partial charge in [0.15, 0.2) is 0 Å². The van der Waals surface area contributed by atoms with Gasteiger partial charge in [-0.2, -0.15) is 0 Å². The van der Waals surface area contributed by atoms with Gasteiger partial charge >= 0.3 is 0 Å². The summed E-state index contributed by atoms with van der Waals surface area (Å²) in [5.74, 6) is 0.629. The van der Waals surface area contributed by atoms with Crippen LogP contribution in [0.1, 0.15) is 25.1 Å². The Labute approximate surface area is 198 Å². The van der Waals surface area contributed by atoms with Crippen molar-refractivity contribution in [2.24, 2.45) is 0 Å². The quantitative estimate of drug-likeness (QED) is 0.283. The number of benzene rings is 2. The zero-order chi connectivity index (χ0) is 22.8. The van der Waals surface area contributed by atoms with E-state index in [1.54, 1.807) is 22.8 Å². The molecule has 2 aromatic carbocycles. The van der Waals surface area contributed by atoms with E-state index in [-0.39, 0.29) is 12.3 Å². The maximum atomic E-state index is 13.3. The number of aromatic nitrogens is 3. The number of rotatable bonds is 6. The number of carbonyl (C=O) groups excluding carboxylic acids is 1. The highest BCUT2D eigenvalue weighted by Crippen LogP contribution is 2.43. The topological polar surface area (TPSA) is 82.3 Å². The first-order chi connectivity index (χ1) is 15.5. The summed E-state index contributed by atoms with van der Waals surface area (Å²) in [6, 6.07) is 12.9. The van der Waals surface area contributed by atoms with E-state index in [9.17, 15) is 9.90 Å². The van der Waals surface area contributed by atoms with Crippen LogP contribution in [0.15, 0.2) is 64.7 Å². The van der Waals surface area contributed by atoms with E-state index in [1.807, 2.05) is 49.4 Å². The van der Waals surface area contributed by atoms with Crippen molar-refractivity contribution in [2.45, 2.75) is 24.7 Å². The minimum absolute atomic E-state index is 0.103. The van der Waals surface area contributed by atoms with Gasteiger partial charge in [-0.1, -0.05) is 57.5 Å². The molecule has 1 unspecified atom stereocenters. The number of hydrogen-bond donors (Lipinski definition) is 0. The smallest absolute Gasteiger partial charge is 0.296 e. The molecule has 1 amide bonds. The van der Waals surface area contributed by atoms with Gasteiger partial charge in [-0.05, 0) is 30.3 Å². The lowest BCUT2D eigenvalue weighted by Gasteiger charge is -2.33. The Bertz CT molecular complexity index is 1200. The summed E-state index contributed by atoms with van der Waals surface area (Å²) >= 11 is 4.83. The maximum Gasteiger partial charge on any atom is 0.296 e. The number of nitrogens with zero attached hydrogens (tertiary/aromatic N) is 4. The van der Waals surface area contributed by atoms with E-state index in [1.165, 1.54) is 11.8 Å². The third kappa shape index (κ3) is 3.86. The molecule has 0 bridgehead atoms. The average Bonchev–Trinajstić information content (AvgIpc) is 2.81. The Morgan fingerprint density at radius 2 is 2.16 bits per heavy atom. The van der Waals surface area contributed by atoms with E-state index in [0.29, 0.717) is 39.2 Å². The molecule has 1 atom stereocenters. The highest BCUT2D eigenvalue weighted by atomic mass is 79.9. The van der Waals surface area contributed by atoms with Gasteiger partial charge < -0.3 is 9.84 Å². The van der Waals surface area contributed by atoms with Crippen LogP contribution in [0.2, 0.25) is 0 Å². The van der Waals surface area contributed by atoms with Crippen molar-refractivity contribution >= 4 is 39.3 Å². The number of thioether (sulfide) groups is 1. The number of para-hydroxylation sites is 1. The number of amides is 1. The first-order valence-electron chi connectivity index (χ1n) is 9.99. The highest BCUT2D eigenvalue weighted by Gasteiger charge is 2.45. The van der Waals surface area contributed by atoms with Crippen molar-refractivity contribution in [3.8, 4) is 22.9 Å². The van der Waals surface area contributed by atoms with Crippen LogP contribution in [0.5, 0.6) is 11.6 Å². The fraction of sp³-hybridized carbons (Fsp3) is 0.217. The summed E-state index contributed by atoms with van der Waals surface area (Å²) in [6.07, 6.45) is 1.28. The fourth-order valence-electron chi connectivity index (χ4n) is 3.76. The zero-order valence-corrected chi connectivity index (χ0v) is 20.0. The van der Waals surface area contributed by atoms with Gasteiger partial charge in [-0.3, -0.25) is 4.79 Å². The molecule has 0 spiro atoms. The summed E-state index contributed by atoms with van der Waals surface area (Å²) < 4.78 is 8.05. The second-order valence-corrected chi connectivity index (χ2v) is 8.89. The number of halogens is 1. The molecule has 9 heteroatoms. The number of fused-ring (bicyclic) bond motifs is 3. The predicted molar refractivity (Wildman–Crippen MR) is 125 cm³/mol. The van der Waals surface area contributed by atoms with Gasteiger partial charge in [0, 0.05) is 21.7 Å². The van der Waals surface area contributed by atoms with Gasteiger partial charge in [0.2, 0.25) is 5.91 Å². The first-order valence-corrected chi connectivity index (χ1v) is 11.8. The van der Waals surface area contributed by atoms with Crippen molar-refractivity contribution in [3.63, 3.8) is 0 Å². The first kappa shape index (κ1) is 22.3. The van der Waals surface area contributed by atoms with Gasteiger partial charge in [-0.25, -0.2) is 9.88 Å². The lowest BCUT2D eigenvalue weighted by molar-refractivity contribution is -0.764. The SMILES string of the molecule is C=CCSc1nc([O-])c2[n+](n1)C(c1cc(Br)ccc1OC)N(C(=O)CC)c1ccccc1-2. The van der Waals surface area contributed by atoms with Crippen LogP contribution in [0.4, 0.5) is 5.69 Å². The fourth-order valence-corrected chi connectivity index (χ4v) is 4.70. The molecule has 0 saturated carbocycles. The largest absolute Gasteiger partial charge is 0.854 e. The van der Waals surface area contributed by atoms with Crippen LogP contribution in [0.3, 0.4) is 0 Å². The monoisotopic (exact) mass is 512 g/mol. The normalized spacial score (nSPS) is 14.5. The van der Waals surface area contributed by atoms with Gasteiger partial charge in [0.1, 0.15) is 5.75 Å². The molecule has 3 aromatic rings. The number of anilines is 1. The summed E-state index contributed by atoms with van der Waals surface area (Å²) in [6.45, 7) is 5.53. The molecule has 0 fully saturated rings. The molecular formula is C23H21BrN4O3S. The molecule has 0 radical (unpaired) electrons. The molecule has 1 aliphatic heterocycles. The summed E-state index contributed by atoms with van der Waals surface area (Å²) in [5.41, 5.74) is 2.28. The second kappa shape index (κ2) is 9.30. The van der Waals surface area contributed by atoms with E-state index in [4.69, 9.17) is 9.84 Å². The summed E-state index contributed by atoms with van der Waals surface area (Å²) in [7, 11) is 1.57. The van der Waals surface area contributed by atoms with Crippen LogP contribution in [-0.4, -0.2) is 28.9 Å². The standard InChI is InChI=1S/C23H21BrN4O3S/c1-4-12-32-23-25-21(30)20-15-8-6-7-9-17(15)27(19(29)5-2)22(28(20)26-23)16-13-14(24)10-11-18(16)31-3/h4,6-11,13,22H,1,5,12H2,2-3H3. The van der Waals surface area contributed by atoms with Gasteiger partial charge in [0.05, 0.1) is 29.8 Å². The van der Waals surface area contributed by atoms with Crippen LogP contribution in [0, 0.1) is 0 Å². The van der Waals surface area contributed by atoms with Gasteiger partial charge in [0.25, 0.3) is 17.0 Å². The summed E-state index contributed by atoms with van der Waals surface area (Å²) in [5, 5.41) is 18.2.